The number of rotatable bonds is 5. The molecule has 0 fully saturated rings. The maximum atomic E-state index is 10.1. The lowest BCUT2D eigenvalue weighted by molar-refractivity contribution is 0.00279. The smallest absolute Gasteiger partial charge is 0.0791 e. The van der Waals surface area contributed by atoms with Crippen molar-refractivity contribution in [1.29, 1.82) is 0 Å². The molecule has 1 unspecified atom stereocenters. The fraction of sp³-hybridized carbons (Fsp3) is 0.571. The van der Waals surface area contributed by atoms with Crippen LogP contribution < -0.4 is 0 Å². The molecular weight excluding hydrogens is 236 g/mol. The molecule has 0 aliphatic heterocycles. The Morgan fingerprint density at radius 1 is 1.41 bits per heavy atom. The number of methoxy groups -OCH3 is 1. The number of ether oxygens (including phenoxy) is 1. The normalized spacial score (nSPS) is 13.8. The first kappa shape index (κ1) is 14.5. The molecule has 0 aromatic heterocycles. The number of aliphatic hydroxyl groups is 1. The maximum Gasteiger partial charge on any atom is 0.0791 e. The Kier molecular flexibility index (Phi) is 4.99. The van der Waals surface area contributed by atoms with Crippen molar-refractivity contribution in [3.63, 3.8) is 0 Å². The zero-order valence-electron chi connectivity index (χ0n) is 11.0. The summed E-state index contributed by atoms with van der Waals surface area (Å²) in [5, 5.41) is 10.8. The van der Waals surface area contributed by atoms with E-state index >= 15 is 0 Å². The minimum atomic E-state index is -0.484. The van der Waals surface area contributed by atoms with Gasteiger partial charge in [0.25, 0.3) is 0 Å². The molecule has 1 aromatic carbocycles. The van der Waals surface area contributed by atoms with E-state index in [9.17, 15) is 5.11 Å². The van der Waals surface area contributed by atoms with Gasteiger partial charge >= 0.3 is 0 Å². The molecule has 17 heavy (non-hydrogen) atoms. The zero-order chi connectivity index (χ0) is 13.1. The fourth-order valence-electron chi connectivity index (χ4n) is 1.57. The lowest BCUT2D eigenvalue weighted by Crippen LogP contribution is -2.23. The van der Waals surface area contributed by atoms with Gasteiger partial charge in [-0.05, 0) is 50.8 Å². The predicted molar refractivity (Wildman–Crippen MR) is 71.5 cm³/mol. The number of aryl methyl sites for hydroxylation is 1. The third-order valence-electron chi connectivity index (χ3n) is 3.15. The average Bonchev–Trinajstić information content (AvgIpc) is 2.30. The molecule has 1 aromatic rings. The van der Waals surface area contributed by atoms with Gasteiger partial charge in [-0.1, -0.05) is 23.7 Å². The van der Waals surface area contributed by atoms with Gasteiger partial charge in [0.1, 0.15) is 0 Å². The molecule has 0 amide bonds. The van der Waals surface area contributed by atoms with Gasteiger partial charge < -0.3 is 9.84 Å². The average molecular weight is 257 g/mol. The van der Waals surface area contributed by atoms with Crippen molar-refractivity contribution in [2.75, 3.05) is 7.11 Å². The van der Waals surface area contributed by atoms with Crippen molar-refractivity contribution in [3.05, 3.63) is 34.3 Å². The van der Waals surface area contributed by atoms with E-state index in [0.717, 1.165) is 17.5 Å². The number of halogens is 1. The van der Waals surface area contributed by atoms with Crippen molar-refractivity contribution in [3.8, 4) is 0 Å². The number of hydrogen-bond donors (Lipinski definition) is 1. The fourth-order valence-corrected chi connectivity index (χ4v) is 1.76. The third-order valence-corrected chi connectivity index (χ3v) is 3.56. The van der Waals surface area contributed by atoms with Gasteiger partial charge in [-0.25, -0.2) is 0 Å². The molecule has 0 bridgehead atoms. The minimum absolute atomic E-state index is 0.199. The molecular formula is C14H21ClO2. The summed E-state index contributed by atoms with van der Waals surface area (Å²) >= 11 is 6.04. The van der Waals surface area contributed by atoms with Gasteiger partial charge in [0.05, 0.1) is 11.7 Å². The van der Waals surface area contributed by atoms with Crippen molar-refractivity contribution in [1.82, 2.24) is 0 Å². The standard InChI is InChI=1S/C14H21ClO2/c1-10-5-6-11(9-12(10)15)13(16)7-8-14(2,3)17-4/h5-6,9,13,16H,7-8H2,1-4H3. The topological polar surface area (TPSA) is 29.5 Å². The molecule has 96 valence electrons. The highest BCUT2D eigenvalue weighted by atomic mass is 35.5. The highest BCUT2D eigenvalue weighted by Crippen LogP contribution is 2.27. The van der Waals surface area contributed by atoms with E-state index in [-0.39, 0.29) is 5.60 Å². The summed E-state index contributed by atoms with van der Waals surface area (Å²) in [6.45, 7) is 5.98. The molecule has 0 spiro atoms. The first-order chi connectivity index (χ1) is 7.85. The monoisotopic (exact) mass is 256 g/mol. The summed E-state index contributed by atoms with van der Waals surface area (Å²) in [6.07, 6.45) is 0.985. The van der Waals surface area contributed by atoms with E-state index in [1.54, 1.807) is 7.11 Å². The van der Waals surface area contributed by atoms with Crippen molar-refractivity contribution >= 4 is 11.6 Å². The van der Waals surface area contributed by atoms with Gasteiger partial charge in [-0.2, -0.15) is 0 Å². The van der Waals surface area contributed by atoms with Crippen LogP contribution in [0.25, 0.3) is 0 Å². The van der Waals surface area contributed by atoms with Crippen LogP contribution in [0, 0.1) is 6.92 Å². The lowest BCUT2D eigenvalue weighted by Gasteiger charge is -2.24. The molecule has 0 heterocycles. The van der Waals surface area contributed by atoms with Crippen LogP contribution in [-0.2, 0) is 4.74 Å². The molecule has 0 radical (unpaired) electrons. The Hall–Kier alpha value is -0.570. The number of benzene rings is 1. The van der Waals surface area contributed by atoms with Gasteiger partial charge in [-0.15, -0.1) is 0 Å². The Balaban J connectivity index is 2.64. The number of hydrogen-bond acceptors (Lipinski definition) is 2. The molecule has 0 saturated heterocycles. The third kappa shape index (κ3) is 4.30. The van der Waals surface area contributed by atoms with Crippen LogP contribution in [0.5, 0.6) is 0 Å². The molecule has 2 nitrogen and oxygen atoms in total. The summed E-state index contributed by atoms with van der Waals surface area (Å²) in [5.41, 5.74) is 1.70. The summed E-state index contributed by atoms with van der Waals surface area (Å²) in [5.74, 6) is 0. The number of aliphatic hydroxyl groups excluding tert-OH is 1. The van der Waals surface area contributed by atoms with Crippen molar-refractivity contribution in [2.24, 2.45) is 0 Å². The molecule has 1 atom stereocenters. The molecule has 0 aliphatic rings. The second kappa shape index (κ2) is 5.85. The largest absolute Gasteiger partial charge is 0.388 e. The maximum absolute atomic E-state index is 10.1. The first-order valence-corrected chi connectivity index (χ1v) is 6.23. The van der Waals surface area contributed by atoms with E-state index in [0.29, 0.717) is 11.4 Å². The van der Waals surface area contributed by atoms with E-state index in [4.69, 9.17) is 16.3 Å². The molecule has 1 N–H and O–H groups in total. The first-order valence-electron chi connectivity index (χ1n) is 5.85. The lowest BCUT2D eigenvalue weighted by atomic mass is 9.96. The van der Waals surface area contributed by atoms with Gasteiger partial charge in [-0.3, -0.25) is 0 Å². The van der Waals surface area contributed by atoms with E-state index in [1.807, 2.05) is 39.0 Å². The Bertz CT molecular complexity index is 374. The van der Waals surface area contributed by atoms with Crippen LogP contribution in [0.4, 0.5) is 0 Å². The zero-order valence-corrected chi connectivity index (χ0v) is 11.7. The molecule has 1 rings (SSSR count). The van der Waals surface area contributed by atoms with Crippen LogP contribution in [0.3, 0.4) is 0 Å². The molecule has 0 aliphatic carbocycles. The van der Waals surface area contributed by atoms with Crippen LogP contribution in [-0.4, -0.2) is 17.8 Å². The van der Waals surface area contributed by atoms with Crippen molar-refractivity contribution < 1.29 is 9.84 Å². The second-order valence-electron chi connectivity index (χ2n) is 5.03. The van der Waals surface area contributed by atoms with Crippen LogP contribution in [0.15, 0.2) is 18.2 Å². The predicted octanol–water partition coefficient (Wildman–Crippen LogP) is 3.89. The van der Waals surface area contributed by atoms with E-state index < -0.39 is 6.10 Å². The highest BCUT2D eigenvalue weighted by Gasteiger charge is 2.19. The summed E-state index contributed by atoms with van der Waals surface area (Å²) in [7, 11) is 1.69. The molecule has 0 saturated carbocycles. The minimum Gasteiger partial charge on any atom is -0.388 e. The molecule has 3 heteroatoms. The summed E-state index contributed by atoms with van der Waals surface area (Å²) in [6, 6.07) is 5.69. The van der Waals surface area contributed by atoms with Crippen molar-refractivity contribution in [2.45, 2.75) is 45.3 Å². The summed E-state index contributed by atoms with van der Waals surface area (Å²) in [4.78, 5) is 0. The van der Waals surface area contributed by atoms with Gasteiger partial charge in [0.15, 0.2) is 0 Å². The Labute approximate surface area is 109 Å². The Morgan fingerprint density at radius 3 is 2.59 bits per heavy atom. The van der Waals surface area contributed by atoms with Gasteiger partial charge in [0.2, 0.25) is 0 Å². The Morgan fingerprint density at radius 2 is 2.06 bits per heavy atom. The summed E-state index contributed by atoms with van der Waals surface area (Å²) < 4.78 is 5.33. The quantitative estimate of drug-likeness (QED) is 0.866. The van der Waals surface area contributed by atoms with E-state index in [2.05, 4.69) is 0 Å². The highest BCUT2D eigenvalue weighted by molar-refractivity contribution is 6.31. The second-order valence-corrected chi connectivity index (χ2v) is 5.43. The van der Waals surface area contributed by atoms with E-state index in [1.165, 1.54) is 0 Å². The SMILES string of the molecule is COC(C)(C)CCC(O)c1ccc(C)c(Cl)c1. The van der Waals surface area contributed by atoms with Crippen LogP contribution in [0.2, 0.25) is 5.02 Å². The van der Waals surface area contributed by atoms with Crippen LogP contribution in [0.1, 0.15) is 43.9 Å². The van der Waals surface area contributed by atoms with Crippen LogP contribution >= 0.6 is 11.6 Å². The van der Waals surface area contributed by atoms with Gasteiger partial charge in [0, 0.05) is 12.1 Å².